The Bertz CT molecular complexity index is 190. The molecule has 0 saturated heterocycles. The topological polar surface area (TPSA) is 58.9 Å². The third-order valence-electron chi connectivity index (χ3n) is 1.68. The Labute approximate surface area is 91.3 Å². The van der Waals surface area contributed by atoms with E-state index in [0.717, 1.165) is 22.0 Å². The molecule has 14 heavy (non-hydrogen) atoms. The van der Waals surface area contributed by atoms with E-state index in [1.54, 1.807) is 0 Å². The van der Waals surface area contributed by atoms with Crippen LogP contribution in [0.5, 0.6) is 0 Å². The number of rotatable bonds is 3. The maximum absolute atomic E-state index is 9.30. The average molecular weight is 232 g/mol. The number of hydrogen-bond donors (Lipinski definition) is 0. The molecule has 0 radical (unpaired) electrons. The van der Waals surface area contributed by atoms with Crippen LogP contribution < -0.4 is 0 Å². The van der Waals surface area contributed by atoms with Crippen LogP contribution in [0.25, 0.3) is 0 Å². The van der Waals surface area contributed by atoms with Gasteiger partial charge in [-0.25, -0.2) is 9.59 Å². The Hall–Kier alpha value is -0.540. The molecule has 1 rings (SSSR count). The van der Waals surface area contributed by atoms with Gasteiger partial charge in [-0.1, -0.05) is 38.5 Å². The molecule has 0 aromatic heterocycles. The molecule has 1 saturated carbocycles. The second kappa shape index (κ2) is 12.5. The molecule has 4 nitrogen and oxygen atoms in total. The van der Waals surface area contributed by atoms with E-state index < -0.39 is 0 Å². The van der Waals surface area contributed by atoms with Crippen LogP contribution in [0, 0.1) is 0 Å². The van der Waals surface area contributed by atoms with Gasteiger partial charge < -0.3 is 0 Å². The third-order valence-corrected chi connectivity index (χ3v) is 2.69. The molecule has 78 valence electrons. The quantitative estimate of drug-likeness (QED) is 0.246. The summed E-state index contributed by atoms with van der Waals surface area (Å²) in [6.45, 7) is 0. The summed E-state index contributed by atoms with van der Waals surface area (Å²) in [5.41, 5.74) is 0. The van der Waals surface area contributed by atoms with Gasteiger partial charge in [0.1, 0.15) is 0 Å². The zero-order valence-corrected chi connectivity index (χ0v) is 9.40. The predicted octanol–water partition coefficient (Wildman–Crippen LogP) is 3.21. The van der Waals surface area contributed by atoms with Gasteiger partial charge in [-0.05, 0) is 0 Å². The van der Waals surface area contributed by atoms with Crippen LogP contribution in [0.2, 0.25) is 0 Å². The summed E-state index contributed by atoms with van der Waals surface area (Å²) in [7, 11) is 1.53. The number of hydrogen-bond acceptors (Lipinski definition) is 6. The van der Waals surface area contributed by atoms with Gasteiger partial charge in [-0.15, -0.1) is 8.80 Å². The van der Waals surface area contributed by atoms with Crippen molar-refractivity contribution in [2.45, 2.75) is 38.5 Å². The van der Waals surface area contributed by atoms with E-state index in [0.29, 0.717) is 0 Å². The van der Waals surface area contributed by atoms with E-state index in [1.807, 2.05) is 0 Å². The minimum Gasteiger partial charge on any atom is -0.210 e. The van der Waals surface area contributed by atoms with Crippen LogP contribution >= 0.6 is 22.0 Å². The first-order valence-electron chi connectivity index (χ1n) is 4.39. The molecule has 0 aromatic rings. The van der Waals surface area contributed by atoms with Gasteiger partial charge in [0.25, 0.3) is 0 Å². The number of carbonyl (C=O) groups excluding carboxylic acids is 2. The highest BCUT2D eigenvalue weighted by molar-refractivity contribution is 8.75. The molecule has 0 bridgehead atoms. The van der Waals surface area contributed by atoms with E-state index >= 15 is 0 Å². The first-order chi connectivity index (χ1) is 6.91. The molecule has 0 amide bonds. The summed E-state index contributed by atoms with van der Waals surface area (Å²) in [4.78, 5) is 18.6. The molecular formula is C8H12N2O2S2. The van der Waals surface area contributed by atoms with Gasteiger partial charge in [-0.2, -0.15) is 0 Å². The van der Waals surface area contributed by atoms with E-state index in [1.165, 1.54) is 50.7 Å². The van der Waals surface area contributed by atoms with Crippen molar-refractivity contribution in [3.05, 3.63) is 0 Å². The van der Waals surface area contributed by atoms with Crippen molar-refractivity contribution in [1.82, 2.24) is 0 Å². The fraction of sp³-hybridized carbons (Fsp3) is 0.750. The molecular weight excluding hydrogens is 220 g/mol. The van der Waals surface area contributed by atoms with Crippen molar-refractivity contribution in [2.24, 2.45) is 8.80 Å². The minimum atomic E-state index is 0.767. The summed E-state index contributed by atoms with van der Waals surface area (Å²) < 4.78 is 6.02. The van der Waals surface area contributed by atoms with Gasteiger partial charge in [0, 0.05) is 0 Å². The molecule has 1 aliphatic rings. The molecule has 6 heteroatoms. The standard InChI is InChI=1S/C6H12.C2N2O2S2/c1-2-4-6-5-3-1;5-1-3-7-8-4-2-6/h1-6H2;. The van der Waals surface area contributed by atoms with E-state index in [2.05, 4.69) is 8.80 Å². The fourth-order valence-electron chi connectivity index (χ4n) is 1.12. The van der Waals surface area contributed by atoms with Crippen LogP contribution in [-0.4, -0.2) is 12.2 Å². The van der Waals surface area contributed by atoms with Crippen molar-refractivity contribution in [3.8, 4) is 0 Å². The Morgan fingerprint density at radius 2 is 1.00 bits per heavy atom. The zero-order chi connectivity index (χ0) is 10.5. The molecule has 0 unspecified atom stereocenters. The third kappa shape index (κ3) is 11.5. The lowest BCUT2D eigenvalue weighted by atomic mass is 10.0. The first-order valence-corrected chi connectivity index (χ1v) is 6.45. The average Bonchev–Trinajstić information content (AvgIpc) is 2.28. The Morgan fingerprint density at radius 1 is 0.714 bits per heavy atom. The lowest BCUT2D eigenvalue weighted by molar-refractivity contribution is 0.504. The molecule has 0 aliphatic heterocycles. The lowest BCUT2D eigenvalue weighted by Gasteiger charge is -2.05. The summed E-state index contributed by atoms with van der Waals surface area (Å²) in [5, 5.41) is 0. The number of nitrogens with zero attached hydrogens (tertiary/aromatic N) is 2. The highest BCUT2D eigenvalue weighted by Crippen LogP contribution is 2.21. The molecule has 0 atom stereocenters. The van der Waals surface area contributed by atoms with Crippen molar-refractivity contribution in [1.29, 1.82) is 0 Å². The molecule has 0 spiro atoms. The fourth-order valence-corrected chi connectivity index (χ4v) is 1.63. The lowest BCUT2D eigenvalue weighted by Crippen LogP contribution is -1.85. The second-order valence-electron chi connectivity index (χ2n) is 2.64. The maximum Gasteiger partial charge on any atom is 0.248 e. The summed E-state index contributed by atoms with van der Waals surface area (Å²) in [6, 6.07) is 0. The van der Waals surface area contributed by atoms with Gasteiger partial charge >= 0.3 is 0 Å². The smallest absolute Gasteiger partial charge is 0.210 e. The summed E-state index contributed by atoms with van der Waals surface area (Å²) >= 11 is 0. The van der Waals surface area contributed by atoms with Gasteiger partial charge in [0.15, 0.2) is 0 Å². The summed E-state index contributed by atoms with van der Waals surface area (Å²) in [5.74, 6) is 0. The Morgan fingerprint density at radius 3 is 1.21 bits per heavy atom. The maximum atomic E-state index is 9.30. The first kappa shape index (κ1) is 13.5. The van der Waals surface area contributed by atoms with Crippen LogP contribution in [0.4, 0.5) is 0 Å². The van der Waals surface area contributed by atoms with E-state index in [9.17, 15) is 9.59 Å². The summed E-state index contributed by atoms with van der Waals surface area (Å²) in [6.07, 6.45) is 11.5. The van der Waals surface area contributed by atoms with Gasteiger partial charge in [-0.3, -0.25) is 0 Å². The van der Waals surface area contributed by atoms with Crippen LogP contribution in [-0.2, 0) is 9.59 Å². The van der Waals surface area contributed by atoms with Crippen LogP contribution in [0.3, 0.4) is 0 Å². The van der Waals surface area contributed by atoms with Crippen molar-refractivity contribution in [2.75, 3.05) is 0 Å². The number of isocyanates is 2. The Balaban J connectivity index is 0.000000249. The van der Waals surface area contributed by atoms with Crippen molar-refractivity contribution in [3.63, 3.8) is 0 Å². The van der Waals surface area contributed by atoms with Crippen LogP contribution in [0.1, 0.15) is 38.5 Å². The predicted molar refractivity (Wildman–Crippen MR) is 59.1 cm³/mol. The SMILES string of the molecule is C1CCCCC1.O=C=NSSN=C=O. The largest absolute Gasteiger partial charge is 0.248 e. The van der Waals surface area contributed by atoms with E-state index in [-0.39, 0.29) is 0 Å². The molecule has 0 heterocycles. The molecule has 1 aliphatic carbocycles. The van der Waals surface area contributed by atoms with Crippen molar-refractivity contribution >= 4 is 34.1 Å². The van der Waals surface area contributed by atoms with Crippen molar-refractivity contribution < 1.29 is 9.59 Å². The molecule has 1 fully saturated rings. The van der Waals surface area contributed by atoms with Gasteiger partial charge in [0.05, 0.1) is 22.0 Å². The highest BCUT2D eigenvalue weighted by atomic mass is 33.1. The second-order valence-corrected chi connectivity index (χ2v) is 4.19. The van der Waals surface area contributed by atoms with Crippen LogP contribution in [0.15, 0.2) is 8.80 Å². The Kier molecular flexibility index (Phi) is 12.0. The molecule has 0 aromatic carbocycles. The minimum absolute atomic E-state index is 0.767. The van der Waals surface area contributed by atoms with E-state index in [4.69, 9.17) is 0 Å². The molecule has 0 N–H and O–H groups in total. The highest BCUT2D eigenvalue weighted by Gasteiger charge is 1.95. The monoisotopic (exact) mass is 232 g/mol. The zero-order valence-electron chi connectivity index (χ0n) is 7.77. The normalized spacial score (nSPS) is 14.0. The van der Waals surface area contributed by atoms with Gasteiger partial charge in [0.2, 0.25) is 12.2 Å².